The number of nitrogens with zero attached hydrogens (tertiary/aromatic N) is 4. The van der Waals surface area contributed by atoms with Gasteiger partial charge in [0.25, 0.3) is 0 Å². The number of carbonyl (C=O) groups is 1. The Morgan fingerprint density at radius 2 is 2.00 bits per heavy atom. The molecule has 1 saturated heterocycles. The Bertz CT molecular complexity index is 751. The third kappa shape index (κ3) is 3.88. The van der Waals surface area contributed by atoms with Gasteiger partial charge in [0.05, 0.1) is 18.8 Å². The van der Waals surface area contributed by atoms with Crippen molar-refractivity contribution >= 4 is 11.8 Å². The van der Waals surface area contributed by atoms with Crippen molar-refractivity contribution in [3.05, 3.63) is 41.6 Å². The Balaban J connectivity index is 1.69. The Morgan fingerprint density at radius 1 is 1.31 bits per heavy atom. The van der Waals surface area contributed by atoms with E-state index in [0.717, 1.165) is 11.3 Å². The van der Waals surface area contributed by atoms with Crippen LogP contribution < -0.4 is 5.32 Å². The Labute approximate surface area is 154 Å². The summed E-state index contributed by atoms with van der Waals surface area (Å²) in [4.78, 5) is 14.3. The molecular weight excluding hydrogens is 330 g/mol. The van der Waals surface area contributed by atoms with Gasteiger partial charge in [0.1, 0.15) is 0 Å². The molecule has 0 unspecified atom stereocenters. The maximum absolute atomic E-state index is 12.5. The summed E-state index contributed by atoms with van der Waals surface area (Å²) in [6.45, 7) is 8.93. The van der Waals surface area contributed by atoms with Gasteiger partial charge in [0.2, 0.25) is 0 Å². The molecule has 1 aromatic heterocycles. The largest absolute Gasteiger partial charge is 0.384 e. The number of rotatable bonds is 6. The molecule has 1 fully saturated rings. The lowest BCUT2D eigenvalue weighted by molar-refractivity contribution is -0.0141. The number of likely N-dealkylation sites (tertiary alicyclic amines) is 1. The highest BCUT2D eigenvalue weighted by molar-refractivity contribution is 5.89. The van der Waals surface area contributed by atoms with Crippen LogP contribution in [0.5, 0.6) is 0 Å². The average Bonchev–Trinajstić information content (AvgIpc) is 2.96. The molecule has 2 aromatic rings. The van der Waals surface area contributed by atoms with Gasteiger partial charge in [0.15, 0.2) is 5.82 Å². The average molecular weight is 357 g/mol. The fourth-order valence-corrected chi connectivity index (χ4v) is 3.49. The van der Waals surface area contributed by atoms with Crippen LogP contribution in [-0.4, -0.2) is 52.7 Å². The highest BCUT2D eigenvalue weighted by Crippen LogP contribution is 2.31. The molecule has 1 aliphatic rings. The van der Waals surface area contributed by atoms with Crippen molar-refractivity contribution in [3.8, 4) is 0 Å². The van der Waals surface area contributed by atoms with E-state index in [-0.39, 0.29) is 17.4 Å². The third-order valence-corrected chi connectivity index (χ3v) is 4.65. The third-order valence-electron chi connectivity index (χ3n) is 4.65. The van der Waals surface area contributed by atoms with E-state index in [1.807, 2.05) is 22.9 Å². The zero-order chi connectivity index (χ0) is 18.7. The molecule has 1 N–H and O–H groups in total. The minimum atomic E-state index is -0.132. The summed E-state index contributed by atoms with van der Waals surface area (Å²) in [6, 6.07) is 9.98. The first-order valence-corrected chi connectivity index (χ1v) is 8.94. The molecule has 26 heavy (non-hydrogen) atoms. The smallest absolute Gasteiger partial charge is 0.323 e. The Morgan fingerprint density at radius 3 is 2.62 bits per heavy atom. The zero-order valence-corrected chi connectivity index (χ0v) is 15.9. The van der Waals surface area contributed by atoms with Crippen LogP contribution >= 0.6 is 0 Å². The molecule has 1 aliphatic heterocycles. The number of anilines is 1. The SMILES string of the molecule is COCC1(C)CN(C(=O)Nc2nnn(Cc3ccccc3)c2C(C)C)C1. The topological polar surface area (TPSA) is 72.3 Å². The molecule has 0 bridgehead atoms. The summed E-state index contributed by atoms with van der Waals surface area (Å²) >= 11 is 0. The van der Waals surface area contributed by atoms with Crippen molar-refractivity contribution in [2.45, 2.75) is 33.2 Å². The number of aromatic nitrogens is 3. The number of carbonyl (C=O) groups excluding carboxylic acids is 1. The lowest BCUT2D eigenvalue weighted by atomic mass is 9.83. The maximum atomic E-state index is 12.5. The summed E-state index contributed by atoms with van der Waals surface area (Å²) in [5, 5.41) is 11.4. The normalized spacial score (nSPS) is 15.8. The Hall–Kier alpha value is -2.41. The fraction of sp³-hybridized carbons (Fsp3) is 0.526. The number of hydrogen-bond donors (Lipinski definition) is 1. The molecular formula is C19H27N5O2. The minimum Gasteiger partial charge on any atom is -0.384 e. The van der Waals surface area contributed by atoms with Gasteiger partial charge in [-0.1, -0.05) is 56.3 Å². The summed E-state index contributed by atoms with van der Waals surface area (Å²) in [5.74, 6) is 0.737. The molecule has 0 aliphatic carbocycles. The predicted octanol–water partition coefficient (Wildman–Crippen LogP) is 2.95. The summed E-state index contributed by atoms with van der Waals surface area (Å²) in [7, 11) is 1.69. The number of ether oxygens (including phenoxy) is 1. The van der Waals surface area contributed by atoms with Gasteiger partial charge in [-0.3, -0.25) is 5.32 Å². The summed E-state index contributed by atoms with van der Waals surface area (Å²) in [5.41, 5.74) is 2.12. The second-order valence-electron chi connectivity index (χ2n) is 7.65. The van der Waals surface area contributed by atoms with Crippen LogP contribution in [0, 0.1) is 5.41 Å². The lowest BCUT2D eigenvalue weighted by Gasteiger charge is -2.47. The van der Waals surface area contributed by atoms with E-state index in [1.165, 1.54) is 0 Å². The molecule has 140 valence electrons. The van der Waals surface area contributed by atoms with Gasteiger partial charge in [-0.25, -0.2) is 9.48 Å². The standard InChI is InChI=1S/C19H27N5O2/c1-14(2)16-17(20-18(25)23-11-19(3,12-23)13-26-4)21-22-24(16)10-15-8-6-5-7-9-15/h5-9,14H,10-13H2,1-4H3,(H,20,25). The van der Waals surface area contributed by atoms with E-state index < -0.39 is 0 Å². The van der Waals surface area contributed by atoms with Crippen LogP contribution in [0.25, 0.3) is 0 Å². The Kier molecular flexibility index (Phi) is 5.27. The van der Waals surface area contributed by atoms with Crippen molar-refractivity contribution in [2.75, 3.05) is 32.1 Å². The highest BCUT2D eigenvalue weighted by Gasteiger charge is 2.41. The van der Waals surface area contributed by atoms with Gasteiger partial charge in [0, 0.05) is 25.6 Å². The fourth-order valence-electron chi connectivity index (χ4n) is 3.49. The monoisotopic (exact) mass is 357 g/mol. The van der Waals surface area contributed by atoms with Crippen LogP contribution in [0.3, 0.4) is 0 Å². The second kappa shape index (κ2) is 7.45. The van der Waals surface area contributed by atoms with Crippen molar-refractivity contribution in [2.24, 2.45) is 5.41 Å². The van der Waals surface area contributed by atoms with Gasteiger partial charge in [-0.05, 0) is 11.5 Å². The maximum Gasteiger partial charge on any atom is 0.323 e. The van der Waals surface area contributed by atoms with E-state index >= 15 is 0 Å². The van der Waals surface area contributed by atoms with Crippen LogP contribution in [0.4, 0.5) is 10.6 Å². The van der Waals surface area contributed by atoms with Crippen LogP contribution in [0.1, 0.15) is 37.9 Å². The van der Waals surface area contributed by atoms with Crippen LogP contribution in [0.2, 0.25) is 0 Å². The van der Waals surface area contributed by atoms with Crippen molar-refractivity contribution in [1.82, 2.24) is 19.9 Å². The van der Waals surface area contributed by atoms with Crippen molar-refractivity contribution in [3.63, 3.8) is 0 Å². The summed E-state index contributed by atoms with van der Waals surface area (Å²) < 4.78 is 7.08. The van der Waals surface area contributed by atoms with Gasteiger partial charge >= 0.3 is 6.03 Å². The van der Waals surface area contributed by atoms with Gasteiger partial charge < -0.3 is 9.64 Å². The molecule has 7 heteroatoms. The van der Waals surface area contributed by atoms with E-state index in [2.05, 4.69) is 48.5 Å². The first-order valence-electron chi connectivity index (χ1n) is 8.94. The predicted molar refractivity (Wildman–Crippen MR) is 100 cm³/mol. The van der Waals surface area contributed by atoms with Gasteiger partial charge in [-0.2, -0.15) is 0 Å². The van der Waals surface area contributed by atoms with Gasteiger partial charge in [-0.15, -0.1) is 5.10 Å². The van der Waals surface area contributed by atoms with E-state index in [4.69, 9.17) is 4.74 Å². The second-order valence-corrected chi connectivity index (χ2v) is 7.65. The number of methoxy groups -OCH3 is 1. The minimum absolute atomic E-state index is 0.0396. The highest BCUT2D eigenvalue weighted by atomic mass is 16.5. The molecule has 0 spiro atoms. The van der Waals surface area contributed by atoms with E-state index in [1.54, 1.807) is 12.0 Å². The first kappa shape index (κ1) is 18.4. The van der Waals surface area contributed by atoms with Crippen LogP contribution in [-0.2, 0) is 11.3 Å². The number of nitrogens with one attached hydrogen (secondary N) is 1. The summed E-state index contributed by atoms with van der Waals surface area (Å²) in [6.07, 6.45) is 0. The number of urea groups is 1. The number of amides is 2. The van der Waals surface area contributed by atoms with Crippen LogP contribution in [0.15, 0.2) is 30.3 Å². The van der Waals surface area contributed by atoms with Crippen molar-refractivity contribution in [1.29, 1.82) is 0 Å². The number of hydrogen-bond acceptors (Lipinski definition) is 4. The molecule has 2 heterocycles. The molecule has 0 atom stereocenters. The first-order chi connectivity index (χ1) is 12.4. The lowest BCUT2D eigenvalue weighted by Crippen LogP contribution is -2.60. The van der Waals surface area contributed by atoms with E-state index in [0.29, 0.717) is 32.1 Å². The molecule has 0 radical (unpaired) electrons. The number of benzene rings is 1. The molecule has 7 nitrogen and oxygen atoms in total. The quantitative estimate of drug-likeness (QED) is 0.863. The molecule has 3 rings (SSSR count). The van der Waals surface area contributed by atoms with E-state index in [9.17, 15) is 4.79 Å². The molecule has 1 aromatic carbocycles. The molecule has 0 saturated carbocycles. The van der Waals surface area contributed by atoms with Crippen molar-refractivity contribution < 1.29 is 9.53 Å². The molecule has 2 amide bonds. The zero-order valence-electron chi connectivity index (χ0n) is 15.9.